The largest absolute Gasteiger partial charge is 0.462 e. The Kier molecular flexibility index (Phi) is 51.0. The van der Waals surface area contributed by atoms with E-state index in [1.165, 1.54) is 83.5 Å². The van der Waals surface area contributed by atoms with Crippen molar-refractivity contribution in [2.24, 2.45) is 0 Å². The molecule has 0 aliphatic heterocycles. The van der Waals surface area contributed by atoms with Gasteiger partial charge in [0, 0.05) is 19.3 Å². The van der Waals surface area contributed by atoms with Crippen LogP contribution in [0.2, 0.25) is 0 Å². The number of carbonyl (C=O) groups excluding carboxylic acids is 3. The molecule has 0 aromatic rings. The zero-order valence-electron chi connectivity index (χ0n) is 43.1. The molecule has 0 heterocycles. The van der Waals surface area contributed by atoms with Crippen LogP contribution in [-0.2, 0) is 28.6 Å². The van der Waals surface area contributed by atoms with E-state index in [1.807, 2.05) is 12.2 Å². The lowest BCUT2D eigenvalue weighted by Gasteiger charge is -2.18. The van der Waals surface area contributed by atoms with E-state index in [2.05, 4.69) is 130 Å². The van der Waals surface area contributed by atoms with Crippen LogP contribution in [0.5, 0.6) is 0 Å². The van der Waals surface area contributed by atoms with Crippen LogP contribution in [0.15, 0.2) is 122 Å². The molecule has 6 nitrogen and oxygen atoms in total. The zero-order chi connectivity index (χ0) is 48.6. The first-order chi connectivity index (χ1) is 33.0. The summed E-state index contributed by atoms with van der Waals surface area (Å²) in [4.78, 5) is 38.0. The van der Waals surface area contributed by atoms with E-state index < -0.39 is 6.10 Å². The van der Waals surface area contributed by atoms with E-state index >= 15 is 0 Å². The Hall–Kier alpha value is -4.19. The zero-order valence-corrected chi connectivity index (χ0v) is 43.1. The quantitative estimate of drug-likeness (QED) is 0.0262. The first-order valence-electron chi connectivity index (χ1n) is 27.0. The molecule has 0 fully saturated rings. The molecule has 67 heavy (non-hydrogen) atoms. The van der Waals surface area contributed by atoms with Crippen LogP contribution >= 0.6 is 0 Å². The molecule has 0 aromatic heterocycles. The van der Waals surface area contributed by atoms with E-state index in [9.17, 15) is 14.4 Å². The van der Waals surface area contributed by atoms with Gasteiger partial charge in [-0.05, 0) is 116 Å². The van der Waals surface area contributed by atoms with Gasteiger partial charge in [-0.1, -0.05) is 213 Å². The predicted molar refractivity (Wildman–Crippen MR) is 288 cm³/mol. The number of hydrogen-bond acceptors (Lipinski definition) is 6. The van der Waals surface area contributed by atoms with Gasteiger partial charge in [-0.25, -0.2) is 0 Å². The van der Waals surface area contributed by atoms with Gasteiger partial charge in [0.25, 0.3) is 0 Å². The molecule has 0 spiro atoms. The Morgan fingerprint density at radius 2 is 0.627 bits per heavy atom. The van der Waals surface area contributed by atoms with E-state index in [1.54, 1.807) is 0 Å². The van der Waals surface area contributed by atoms with Crippen LogP contribution in [0.1, 0.15) is 226 Å². The second kappa shape index (κ2) is 54.4. The Labute approximate surface area is 412 Å². The third-order valence-corrected chi connectivity index (χ3v) is 10.9. The van der Waals surface area contributed by atoms with E-state index in [-0.39, 0.29) is 50.4 Å². The molecule has 0 saturated carbocycles. The Morgan fingerprint density at radius 1 is 0.313 bits per heavy atom. The maximum Gasteiger partial charge on any atom is 0.306 e. The van der Waals surface area contributed by atoms with Gasteiger partial charge in [0.2, 0.25) is 0 Å². The fraction of sp³-hybridized carbons (Fsp3) is 0.623. The molecule has 378 valence electrons. The van der Waals surface area contributed by atoms with Crippen LogP contribution in [0.25, 0.3) is 0 Å². The number of allylic oxidation sites excluding steroid dienone is 20. The molecule has 1 atom stereocenters. The molecule has 0 saturated heterocycles. The predicted octanol–water partition coefficient (Wildman–Crippen LogP) is 18.1. The number of esters is 3. The normalized spacial score (nSPS) is 13.1. The third-order valence-electron chi connectivity index (χ3n) is 10.9. The first-order valence-corrected chi connectivity index (χ1v) is 27.0. The highest BCUT2D eigenvalue weighted by Crippen LogP contribution is 2.12. The standard InChI is InChI=1S/C61H98O6/c1-4-7-10-13-16-19-22-25-27-29-30-32-34-37-39-42-45-48-51-54-60(63)66-57-58(67-61(64)55-52-49-46-43-40-35-24-21-18-15-12-9-6-3)56-65-59(62)53-50-47-44-41-38-36-33-31-28-26-23-20-17-14-11-8-5-2/h7,10,16,19,21,24-28,30,32-33,36-37,39,41,44-45,48,58H,4-6,8-9,11-15,17-18,20,22-23,29,31,34-35,38,40,42-43,46-47,49-57H2,1-3H3/b10-7-,19-16-,24-21-,27-25-,28-26-,32-30-,36-33-,39-37-,44-41-,48-45-/t58-/m0/s1. The number of ether oxygens (including phenoxy) is 3. The van der Waals surface area contributed by atoms with Crippen molar-refractivity contribution < 1.29 is 28.6 Å². The highest BCUT2D eigenvalue weighted by molar-refractivity contribution is 5.71. The monoisotopic (exact) mass is 927 g/mol. The van der Waals surface area contributed by atoms with Gasteiger partial charge < -0.3 is 14.2 Å². The fourth-order valence-corrected chi connectivity index (χ4v) is 6.89. The lowest BCUT2D eigenvalue weighted by Crippen LogP contribution is -2.30. The summed E-state index contributed by atoms with van der Waals surface area (Å²) in [5.41, 5.74) is 0. The maximum absolute atomic E-state index is 12.8. The van der Waals surface area contributed by atoms with Crippen molar-refractivity contribution in [3.63, 3.8) is 0 Å². The molecular weight excluding hydrogens is 829 g/mol. The molecule has 0 aromatic carbocycles. The number of rotatable bonds is 47. The highest BCUT2D eigenvalue weighted by Gasteiger charge is 2.19. The lowest BCUT2D eigenvalue weighted by atomic mass is 10.1. The van der Waals surface area contributed by atoms with E-state index in [0.717, 1.165) is 89.9 Å². The number of hydrogen-bond donors (Lipinski definition) is 0. The van der Waals surface area contributed by atoms with Gasteiger partial charge in [0.15, 0.2) is 6.10 Å². The van der Waals surface area contributed by atoms with Crippen molar-refractivity contribution in [1.29, 1.82) is 0 Å². The highest BCUT2D eigenvalue weighted by atomic mass is 16.6. The summed E-state index contributed by atoms with van der Waals surface area (Å²) in [5, 5.41) is 0. The van der Waals surface area contributed by atoms with Gasteiger partial charge in [-0.3, -0.25) is 14.4 Å². The Morgan fingerprint density at radius 3 is 1.07 bits per heavy atom. The fourth-order valence-electron chi connectivity index (χ4n) is 6.89. The second-order valence-corrected chi connectivity index (χ2v) is 17.4. The summed E-state index contributed by atoms with van der Waals surface area (Å²) in [6, 6.07) is 0. The van der Waals surface area contributed by atoms with Crippen molar-refractivity contribution in [2.75, 3.05) is 13.2 Å². The summed E-state index contributed by atoms with van der Waals surface area (Å²) in [6.45, 7) is 6.37. The smallest absolute Gasteiger partial charge is 0.306 e. The lowest BCUT2D eigenvalue weighted by molar-refractivity contribution is -0.166. The second-order valence-electron chi connectivity index (χ2n) is 17.4. The summed E-state index contributed by atoms with van der Waals surface area (Å²) in [7, 11) is 0. The van der Waals surface area contributed by atoms with Crippen LogP contribution in [0, 0.1) is 0 Å². The van der Waals surface area contributed by atoms with Crippen molar-refractivity contribution in [3.8, 4) is 0 Å². The molecule has 0 amide bonds. The SMILES string of the molecule is CC/C=C\C/C=C\C/C=C\C/C=C\C/C=C\C/C=C\CCC(=O)OC[C@H](COC(=O)CCC/C=C\C/C=C\C/C=C\CCCCCCCC)OC(=O)CCCCCCC/C=C\CCCCCC. The molecular formula is C61H98O6. The maximum atomic E-state index is 12.8. The molecule has 0 radical (unpaired) electrons. The molecule has 0 aliphatic carbocycles. The Bertz CT molecular complexity index is 1440. The van der Waals surface area contributed by atoms with Gasteiger partial charge in [-0.15, -0.1) is 0 Å². The van der Waals surface area contributed by atoms with Crippen LogP contribution in [0.3, 0.4) is 0 Å². The summed E-state index contributed by atoms with van der Waals surface area (Å²) in [5.74, 6) is -1.08. The minimum atomic E-state index is -0.836. The van der Waals surface area contributed by atoms with Crippen LogP contribution in [0.4, 0.5) is 0 Å². The minimum Gasteiger partial charge on any atom is -0.462 e. The van der Waals surface area contributed by atoms with Crippen LogP contribution in [-0.4, -0.2) is 37.2 Å². The Balaban J connectivity index is 4.59. The topological polar surface area (TPSA) is 78.9 Å². The average molecular weight is 927 g/mol. The molecule has 0 N–H and O–H groups in total. The molecule has 0 rings (SSSR count). The van der Waals surface area contributed by atoms with Gasteiger partial charge in [0.05, 0.1) is 0 Å². The van der Waals surface area contributed by atoms with Crippen molar-refractivity contribution in [1.82, 2.24) is 0 Å². The number of unbranched alkanes of at least 4 members (excludes halogenated alkanes) is 16. The van der Waals surface area contributed by atoms with Gasteiger partial charge >= 0.3 is 17.9 Å². The first kappa shape index (κ1) is 62.8. The summed E-state index contributed by atoms with van der Waals surface area (Å²) >= 11 is 0. The van der Waals surface area contributed by atoms with Crippen LogP contribution < -0.4 is 0 Å². The molecule has 6 heteroatoms. The molecule has 0 aliphatic rings. The van der Waals surface area contributed by atoms with Crippen molar-refractivity contribution >= 4 is 17.9 Å². The van der Waals surface area contributed by atoms with Crippen molar-refractivity contribution in [2.45, 2.75) is 232 Å². The third kappa shape index (κ3) is 52.6. The minimum absolute atomic E-state index is 0.134. The van der Waals surface area contributed by atoms with Crippen molar-refractivity contribution in [3.05, 3.63) is 122 Å². The summed E-state index contributed by atoms with van der Waals surface area (Å²) in [6.07, 6.45) is 74.9. The van der Waals surface area contributed by atoms with E-state index in [4.69, 9.17) is 14.2 Å². The van der Waals surface area contributed by atoms with Gasteiger partial charge in [-0.2, -0.15) is 0 Å². The molecule has 0 unspecified atom stereocenters. The van der Waals surface area contributed by atoms with Gasteiger partial charge in [0.1, 0.15) is 13.2 Å². The molecule has 0 bridgehead atoms. The number of carbonyl (C=O) groups is 3. The summed E-state index contributed by atoms with van der Waals surface area (Å²) < 4.78 is 16.7. The average Bonchev–Trinajstić information content (AvgIpc) is 3.33. The van der Waals surface area contributed by atoms with E-state index in [0.29, 0.717) is 12.8 Å².